The number of rotatable bonds is 1. The lowest BCUT2D eigenvalue weighted by molar-refractivity contribution is -0.140. The number of hydrogen-bond acceptors (Lipinski definition) is 4. The largest absolute Gasteiger partial charge is 0.481 e. The molecule has 16 heavy (non-hydrogen) atoms. The molecule has 0 spiro atoms. The van der Waals surface area contributed by atoms with E-state index in [9.17, 15) is 4.79 Å². The van der Waals surface area contributed by atoms with Gasteiger partial charge in [0.15, 0.2) is 0 Å². The summed E-state index contributed by atoms with van der Waals surface area (Å²) in [6, 6.07) is 0. The lowest BCUT2D eigenvalue weighted by atomic mass is 10.8. The molecule has 0 aromatic rings. The number of aliphatic carboxylic acids is 1. The van der Waals surface area contributed by atoms with Crippen LogP contribution in [-0.4, -0.2) is 46.7 Å². The minimum atomic E-state index is -0.833. The molecule has 8 heteroatoms. The second-order valence-corrected chi connectivity index (χ2v) is 2.35. The maximum absolute atomic E-state index is 9.82. The lowest BCUT2D eigenvalue weighted by Crippen LogP contribution is -1.95. The van der Waals surface area contributed by atoms with Gasteiger partial charge in [0.1, 0.15) is 0 Å². The molecule has 0 fully saturated rings. The van der Waals surface area contributed by atoms with Gasteiger partial charge >= 0.3 is 5.97 Å². The Labute approximate surface area is 105 Å². The molecule has 0 aliphatic heterocycles. The molecular formula is C8H20Cl2O6. The Hall–Kier alpha value is -0.560. The van der Waals surface area contributed by atoms with Gasteiger partial charge in [-0.05, 0) is 6.92 Å². The van der Waals surface area contributed by atoms with E-state index in [0.29, 0.717) is 6.61 Å². The fourth-order valence-electron chi connectivity index (χ4n) is 0.203. The van der Waals surface area contributed by atoms with Gasteiger partial charge in [0.2, 0.25) is 0 Å². The van der Waals surface area contributed by atoms with Crippen LogP contribution in [0.3, 0.4) is 0 Å². The van der Waals surface area contributed by atoms with Crippen molar-refractivity contribution in [2.75, 3.05) is 19.1 Å². The number of carboxylic acid groups (broad SMARTS) is 1. The summed E-state index contributed by atoms with van der Waals surface area (Å²) in [5, 5.41) is 14.6. The van der Waals surface area contributed by atoms with Crippen LogP contribution in [0.1, 0.15) is 20.8 Å². The van der Waals surface area contributed by atoms with E-state index in [0.717, 1.165) is 14.0 Å². The van der Waals surface area contributed by atoms with Gasteiger partial charge in [-0.2, -0.15) is 0 Å². The quantitative estimate of drug-likeness (QED) is 0.547. The van der Waals surface area contributed by atoms with Crippen molar-refractivity contribution in [3.05, 3.63) is 0 Å². The molecule has 0 aliphatic carbocycles. The number of ether oxygens (including phenoxy) is 1. The third-order valence-corrected chi connectivity index (χ3v) is 0.348. The van der Waals surface area contributed by atoms with E-state index in [4.69, 9.17) is 38.2 Å². The summed E-state index contributed by atoms with van der Waals surface area (Å²) >= 11 is 9.53. The van der Waals surface area contributed by atoms with Crippen LogP contribution in [0, 0.1) is 0 Å². The number of carbonyl (C=O) groups is 2. The number of alkyl halides is 2. The van der Waals surface area contributed by atoms with Gasteiger partial charge in [-0.3, -0.25) is 9.59 Å². The predicted octanol–water partition coefficient (Wildman–Crippen LogP) is 0.866. The molecule has 4 N–H and O–H groups in total. The van der Waals surface area contributed by atoms with Crippen molar-refractivity contribution in [2.24, 2.45) is 0 Å². The average Bonchev–Trinajstić information content (AvgIpc) is 2.07. The zero-order chi connectivity index (χ0) is 13.3. The molecule has 0 heterocycles. The number of hydrogen-bond donors (Lipinski definition) is 2. The van der Waals surface area contributed by atoms with Gasteiger partial charge in [-0.15, -0.1) is 23.2 Å². The summed E-state index contributed by atoms with van der Waals surface area (Å²) in [5.74, 6) is -1.04. The summed E-state index contributed by atoms with van der Waals surface area (Å²) in [6.07, 6.45) is 0. The lowest BCUT2D eigenvalue weighted by Gasteiger charge is -1.89. The number of esters is 1. The molecule has 0 aliphatic rings. The van der Waals surface area contributed by atoms with Gasteiger partial charge in [-0.25, -0.2) is 0 Å². The highest BCUT2D eigenvalue weighted by molar-refractivity contribution is 6.40. The van der Waals surface area contributed by atoms with Crippen molar-refractivity contribution >= 4 is 35.1 Å². The number of aliphatic hydroxyl groups is 1. The summed E-state index contributed by atoms with van der Waals surface area (Å²) in [4.78, 5) is 18.8. The Morgan fingerprint density at radius 2 is 1.38 bits per heavy atom. The normalized spacial score (nSPS) is 5.94. The van der Waals surface area contributed by atoms with Crippen LogP contribution in [-0.2, 0) is 14.3 Å². The highest BCUT2D eigenvalue weighted by Gasteiger charge is 1.81. The highest BCUT2D eigenvalue weighted by Crippen LogP contribution is 1.73. The predicted molar refractivity (Wildman–Crippen MR) is 63.9 cm³/mol. The third kappa shape index (κ3) is 349. The molecule has 0 amide bonds. The van der Waals surface area contributed by atoms with Crippen molar-refractivity contribution < 1.29 is 30.0 Å². The van der Waals surface area contributed by atoms with Gasteiger partial charge < -0.3 is 20.4 Å². The van der Waals surface area contributed by atoms with Crippen LogP contribution in [0.5, 0.6) is 0 Å². The summed E-state index contributed by atoms with van der Waals surface area (Å²) < 4.78 is 4.40. The molecule has 0 radical (unpaired) electrons. The molecular weight excluding hydrogens is 263 g/mol. The minimum absolute atomic E-state index is 0. The summed E-state index contributed by atoms with van der Waals surface area (Å²) in [6.45, 7) is 4.74. The van der Waals surface area contributed by atoms with E-state index < -0.39 is 5.97 Å². The van der Waals surface area contributed by atoms with Crippen LogP contribution < -0.4 is 0 Å². The van der Waals surface area contributed by atoms with Gasteiger partial charge in [0.05, 0.1) is 11.9 Å². The van der Waals surface area contributed by atoms with Crippen molar-refractivity contribution in [2.45, 2.75) is 20.8 Å². The van der Waals surface area contributed by atoms with Crippen LogP contribution in [0.25, 0.3) is 0 Å². The Kier molecular flexibility index (Phi) is 67.6. The summed E-state index contributed by atoms with van der Waals surface area (Å²) in [7, 11) is 1.00. The first-order chi connectivity index (χ1) is 6.92. The molecule has 0 saturated heterocycles. The fraction of sp³-hybridized carbons (Fsp3) is 0.750. The highest BCUT2D eigenvalue weighted by atomic mass is 35.5. The van der Waals surface area contributed by atoms with Crippen molar-refractivity contribution in [1.29, 1.82) is 0 Å². The first-order valence-electron chi connectivity index (χ1n) is 3.81. The Bertz CT molecular complexity index is 128. The molecule has 0 atom stereocenters. The SMILES string of the molecule is CC(=O)O.CCOC(C)=O.CO.ClCCl.O. The van der Waals surface area contributed by atoms with Crippen molar-refractivity contribution in [3.63, 3.8) is 0 Å². The Balaban J connectivity index is -0.0000000358. The number of halogens is 2. The van der Waals surface area contributed by atoms with E-state index in [2.05, 4.69) is 4.74 Å². The summed E-state index contributed by atoms with van der Waals surface area (Å²) in [5.41, 5.74) is 0. The van der Waals surface area contributed by atoms with E-state index in [1.807, 2.05) is 0 Å². The molecule has 0 aromatic carbocycles. The molecule has 102 valence electrons. The number of aliphatic hydroxyl groups excluding tert-OH is 1. The van der Waals surface area contributed by atoms with Crippen LogP contribution >= 0.6 is 23.2 Å². The molecule has 0 bridgehead atoms. The standard InChI is InChI=1S/C4H8O2.C2H4O2.CH2Cl2.CH4O.H2O/c1-3-6-4(2)5;1-2(3)4;2-1-3;1-2;/h3H2,1-2H3;1H3,(H,3,4);1H2;2H,1H3;1H2. The molecule has 6 nitrogen and oxygen atoms in total. The third-order valence-electron chi connectivity index (χ3n) is 0.348. The Morgan fingerprint density at radius 1 is 1.19 bits per heavy atom. The smallest absolute Gasteiger partial charge is 0.302 e. The molecule has 0 unspecified atom stereocenters. The zero-order valence-electron chi connectivity index (χ0n) is 9.79. The van der Waals surface area contributed by atoms with E-state index in [-0.39, 0.29) is 16.8 Å². The van der Waals surface area contributed by atoms with Gasteiger partial charge in [0, 0.05) is 21.0 Å². The van der Waals surface area contributed by atoms with Gasteiger partial charge in [-0.1, -0.05) is 0 Å². The molecule has 0 saturated carbocycles. The zero-order valence-corrected chi connectivity index (χ0v) is 11.3. The average molecular weight is 283 g/mol. The van der Waals surface area contributed by atoms with Crippen LogP contribution in [0.4, 0.5) is 0 Å². The molecule has 0 rings (SSSR count). The fourth-order valence-corrected chi connectivity index (χ4v) is 0.203. The topological polar surface area (TPSA) is 115 Å². The second kappa shape index (κ2) is 36.6. The first kappa shape index (κ1) is 29.5. The van der Waals surface area contributed by atoms with E-state index in [1.165, 1.54) is 6.92 Å². The molecule has 0 aromatic heterocycles. The maximum Gasteiger partial charge on any atom is 0.302 e. The van der Waals surface area contributed by atoms with Crippen molar-refractivity contribution in [3.8, 4) is 0 Å². The second-order valence-electron chi connectivity index (χ2n) is 1.54. The van der Waals surface area contributed by atoms with E-state index in [1.54, 1.807) is 6.92 Å². The van der Waals surface area contributed by atoms with Gasteiger partial charge in [0.25, 0.3) is 5.97 Å². The van der Waals surface area contributed by atoms with Crippen LogP contribution in [0.2, 0.25) is 0 Å². The number of carbonyl (C=O) groups excluding carboxylic acids is 1. The Morgan fingerprint density at radius 3 is 1.38 bits per heavy atom. The maximum atomic E-state index is 9.82. The van der Waals surface area contributed by atoms with E-state index >= 15 is 0 Å². The first-order valence-corrected chi connectivity index (χ1v) is 4.88. The monoisotopic (exact) mass is 282 g/mol. The number of carboxylic acids is 1. The van der Waals surface area contributed by atoms with Crippen LogP contribution in [0.15, 0.2) is 0 Å². The minimum Gasteiger partial charge on any atom is -0.481 e. The van der Waals surface area contributed by atoms with Crippen molar-refractivity contribution in [1.82, 2.24) is 0 Å².